The molecule has 1 aromatic carbocycles. The molecule has 0 bridgehead atoms. The van der Waals surface area contributed by atoms with Crippen LogP contribution in [0.25, 0.3) is 0 Å². The Kier molecular flexibility index (Phi) is 5.29. The quantitative estimate of drug-likeness (QED) is 0.912. The van der Waals surface area contributed by atoms with Gasteiger partial charge < -0.3 is 5.73 Å². The van der Waals surface area contributed by atoms with Crippen molar-refractivity contribution in [3.05, 3.63) is 63.9 Å². The van der Waals surface area contributed by atoms with Crippen molar-refractivity contribution in [2.24, 2.45) is 5.73 Å². The molecule has 2 N–H and O–H groups in total. The highest BCUT2D eigenvalue weighted by atomic mass is 79.9. The van der Waals surface area contributed by atoms with Crippen molar-refractivity contribution in [3.8, 4) is 0 Å². The molecule has 0 saturated carbocycles. The lowest BCUT2D eigenvalue weighted by molar-refractivity contribution is 0.241. The Balaban J connectivity index is 2.15. The van der Waals surface area contributed by atoms with E-state index < -0.39 is 0 Å². The van der Waals surface area contributed by atoms with Crippen LogP contribution in [0.3, 0.4) is 0 Å². The van der Waals surface area contributed by atoms with Gasteiger partial charge in [0.2, 0.25) is 0 Å². The van der Waals surface area contributed by atoms with Gasteiger partial charge in [-0.1, -0.05) is 40.2 Å². The van der Waals surface area contributed by atoms with Crippen molar-refractivity contribution in [3.63, 3.8) is 0 Å². The average Bonchev–Trinajstić information content (AvgIpc) is 2.44. The van der Waals surface area contributed by atoms with Gasteiger partial charge in [-0.3, -0.25) is 9.88 Å². The molecule has 3 nitrogen and oxygen atoms in total. The maximum atomic E-state index is 5.95. The molecule has 106 valence electrons. The van der Waals surface area contributed by atoms with Gasteiger partial charge in [-0.2, -0.15) is 0 Å². The van der Waals surface area contributed by atoms with Gasteiger partial charge in [0.1, 0.15) is 0 Å². The van der Waals surface area contributed by atoms with Gasteiger partial charge in [0.05, 0.1) is 0 Å². The van der Waals surface area contributed by atoms with E-state index in [1.54, 1.807) is 0 Å². The molecule has 2 aromatic rings. The Labute approximate surface area is 129 Å². The maximum Gasteiger partial charge on any atom is 0.0486 e. The van der Waals surface area contributed by atoms with Gasteiger partial charge in [0.25, 0.3) is 0 Å². The molecule has 0 fully saturated rings. The van der Waals surface area contributed by atoms with E-state index in [0.29, 0.717) is 6.54 Å². The van der Waals surface area contributed by atoms with Gasteiger partial charge >= 0.3 is 0 Å². The minimum atomic E-state index is 0.176. The van der Waals surface area contributed by atoms with Crippen LogP contribution in [0.4, 0.5) is 0 Å². The second-order valence-corrected chi connectivity index (χ2v) is 5.85. The fourth-order valence-electron chi connectivity index (χ4n) is 2.25. The molecule has 0 amide bonds. The lowest BCUT2D eigenvalue weighted by Gasteiger charge is -2.27. The predicted octanol–water partition coefficient (Wildman–Crippen LogP) is 3.28. The minimum Gasteiger partial charge on any atom is -0.329 e. The molecule has 0 saturated heterocycles. The Morgan fingerprint density at radius 1 is 1.25 bits per heavy atom. The summed E-state index contributed by atoms with van der Waals surface area (Å²) in [7, 11) is 2.09. The number of halogens is 1. The van der Waals surface area contributed by atoms with E-state index in [-0.39, 0.29) is 6.04 Å². The van der Waals surface area contributed by atoms with Crippen LogP contribution in [0.1, 0.15) is 22.9 Å². The summed E-state index contributed by atoms with van der Waals surface area (Å²) in [5.74, 6) is 0. The lowest BCUT2D eigenvalue weighted by Crippen LogP contribution is -2.30. The van der Waals surface area contributed by atoms with Crippen molar-refractivity contribution in [2.45, 2.75) is 19.5 Å². The fourth-order valence-corrected chi connectivity index (χ4v) is 2.66. The lowest BCUT2D eigenvalue weighted by atomic mass is 10.1. The zero-order valence-corrected chi connectivity index (χ0v) is 13.5. The van der Waals surface area contributed by atoms with E-state index in [1.165, 1.54) is 5.56 Å². The Hall–Kier alpha value is -1.23. The fraction of sp³-hybridized carbons (Fsp3) is 0.312. The van der Waals surface area contributed by atoms with Gasteiger partial charge in [0.15, 0.2) is 0 Å². The van der Waals surface area contributed by atoms with Gasteiger partial charge in [-0.05, 0) is 37.2 Å². The number of benzene rings is 1. The molecule has 0 aliphatic rings. The number of likely N-dealkylation sites (N-methyl/N-ethyl adjacent to an activating group) is 1. The van der Waals surface area contributed by atoms with Gasteiger partial charge in [-0.25, -0.2) is 0 Å². The first-order chi connectivity index (χ1) is 9.61. The third-order valence-electron chi connectivity index (χ3n) is 3.45. The molecular weight excluding hydrogens is 314 g/mol. The van der Waals surface area contributed by atoms with Crippen LogP contribution in [-0.2, 0) is 6.54 Å². The van der Waals surface area contributed by atoms with E-state index in [9.17, 15) is 0 Å². The monoisotopic (exact) mass is 333 g/mol. The number of pyridine rings is 1. The van der Waals surface area contributed by atoms with Crippen LogP contribution in [0.2, 0.25) is 0 Å². The first kappa shape index (κ1) is 15.2. The standard InChI is InChI=1S/C16H20BrN3/c1-12-7-8-13(10-19-12)16(9-18)20(2)11-14-5-3-4-6-15(14)17/h3-8,10,16H,9,11,18H2,1-2H3. The summed E-state index contributed by atoms with van der Waals surface area (Å²) in [4.78, 5) is 6.62. The Bertz CT molecular complexity index is 554. The van der Waals surface area contributed by atoms with E-state index >= 15 is 0 Å². The summed E-state index contributed by atoms with van der Waals surface area (Å²) in [5.41, 5.74) is 9.40. The maximum absolute atomic E-state index is 5.95. The predicted molar refractivity (Wildman–Crippen MR) is 86.4 cm³/mol. The number of nitrogens with two attached hydrogens (primary N) is 1. The molecule has 1 unspecified atom stereocenters. The molecule has 0 spiro atoms. The first-order valence-corrected chi connectivity index (χ1v) is 7.47. The SMILES string of the molecule is Cc1ccc(C(CN)N(C)Cc2ccccc2Br)cn1. The van der Waals surface area contributed by atoms with Crippen molar-refractivity contribution in [1.82, 2.24) is 9.88 Å². The van der Waals surface area contributed by atoms with Crippen molar-refractivity contribution >= 4 is 15.9 Å². The molecule has 1 aromatic heterocycles. The van der Waals surface area contributed by atoms with Crippen molar-refractivity contribution < 1.29 is 0 Å². The third kappa shape index (κ3) is 3.66. The second-order valence-electron chi connectivity index (χ2n) is 4.99. The molecule has 0 radical (unpaired) electrons. The van der Waals surface area contributed by atoms with E-state index in [1.807, 2.05) is 25.3 Å². The third-order valence-corrected chi connectivity index (χ3v) is 4.23. The van der Waals surface area contributed by atoms with Crippen molar-refractivity contribution in [2.75, 3.05) is 13.6 Å². The molecule has 0 aliphatic carbocycles. The molecule has 0 aliphatic heterocycles. The first-order valence-electron chi connectivity index (χ1n) is 6.68. The van der Waals surface area contributed by atoms with E-state index in [2.05, 4.69) is 57.1 Å². The zero-order chi connectivity index (χ0) is 14.5. The van der Waals surface area contributed by atoms with Crippen LogP contribution in [0.15, 0.2) is 47.1 Å². The summed E-state index contributed by atoms with van der Waals surface area (Å²) in [5, 5.41) is 0. The molecule has 1 heterocycles. The number of aromatic nitrogens is 1. The molecular formula is C16H20BrN3. The summed E-state index contributed by atoms with van der Waals surface area (Å²) in [6.45, 7) is 3.41. The van der Waals surface area contributed by atoms with Crippen LogP contribution in [0, 0.1) is 6.92 Å². The van der Waals surface area contributed by atoms with Crippen LogP contribution >= 0.6 is 15.9 Å². The summed E-state index contributed by atoms with van der Waals surface area (Å²) < 4.78 is 1.13. The molecule has 20 heavy (non-hydrogen) atoms. The van der Waals surface area contributed by atoms with Gasteiger partial charge in [-0.15, -0.1) is 0 Å². The van der Waals surface area contributed by atoms with E-state index in [4.69, 9.17) is 5.73 Å². The minimum absolute atomic E-state index is 0.176. The number of rotatable bonds is 5. The summed E-state index contributed by atoms with van der Waals surface area (Å²) >= 11 is 3.59. The average molecular weight is 334 g/mol. The number of hydrogen-bond donors (Lipinski definition) is 1. The number of aryl methyl sites for hydroxylation is 1. The molecule has 4 heteroatoms. The highest BCUT2D eigenvalue weighted by Gasteiger charge is 2.16. The number of hydrogen-bond acceptors (Lipinski definition) is 3. The van der Waals surface area contributed by atoms with Crippen molar-refractivity contribution in [1.29, 1.82) is 0 Å². The Morgan fingerprint density at radius 3 is 2.60 bits per heavy atom. The largest absolute Gasteiger partial charge is 0.329 e. The normalized spacial score (nSPS) is 12.7. The van der Waals surface area contributed by atoms with Gasteiger partial charge in [0, 0.05) is 35.5 Å². The molecule has 2 rings (SSSR count). The summed E-state index contributed by atoms with van der Waals surface area (Å²) in [6.07, 6.45) is 1.92. The number of nitrogens with zero attached hydrogens (tertiary/aromatic N) is 2. The zero-order valence-electron chi connectivity index (χ0n) is 11.9. The van der Waals surface area contributed by atoms with Crippen LogP contribution in [-0.4, -0.2) is 23.5 Å². The highest BCUT2D eigenvalue weighted by Crippen LogP contribution is 2.23. The van der Waals surface area contributed by atoms with E-state index in [0.717, 1.165) is 22.3 Å². The van der Waals surface area contributed by atoms with Crippen LogP contribution in [0.5, 0.6) is 0 Å². The second kappa shape index (κ2) is 6.97. The Morgan fingerprint density at radius 2 is 2.00 bits per heavy atom. The topological polar surface area (TPSA) is 42.1 Å². The summed E-state index contributed by atoms with van der Waals surface area (Å²) in [6, 6.07) is 12.6. The van der Waals surface area contributed by atoms with Crippen LogP contribution < -0.4 is 5.73 Å². The molecule has 1 atom stereocenters. The smallest absolute Gasteiger partial charge is 0.0486 e. The highest BCUT2D eigenvalue weighted by molar-refractivity contribution is 9.10.